The van der Waals surface area contributed by atoms with Gasteiger partial charge in [-0.2, -0.15) is 0 Å². The summed E-state index contributed by atoms with van der Waals surface area (Å²) in [7, 11) is 0. The van der Waals surface area contributed by atoms with Gasteiger partial charge in [0.15, 0.2) is 5.76 Å². The van der Waals surface area contributed by atoms with Crippen LogP contribution in [-0.4, -0.2) is 28.2 Å². The van der Waals surface area contributed by atoms with Crippen LogP contribution in [-0.2, 0) is 0 Å². The van der Waals surface area contributed by atoms with Crippen LogP contribution in [0.2, 0.25) is 0 Å². The zero-order chi connectivity index (χ0) is 13.3. The zero-order valence-electron chi connectivity index (χ0n) is 11.5. The lowest BCUT2D eigenvalue weighted by Crippen LogP contribution is -2.48. The molecule has 0 radical (unpaired) electrons. The number of urea groups is 1. The van der Waals surface area contributed by atoms with E-state index in [9.17, 15) is 4.79 Å². The number of nitrogens with zero attached hydrogens (tertiary/aromatic N) is 2. The lowest BCUT2D eigenvalue weighted by molar-refractivity contribution is 0.174. The topological polar surface area (TPSA) is 58.4 Å². The molecule has 0 unspecified atom stereocenters. The smallest absolute Gasteiger partial charge is 0.318 e. The largest absolute Gasteiger partial charge is 0.359 e. The van der Waals surface area contributed by atoms with Gasteiger partial charge in [-0.05, 0) is 40.5 Å². The van der Waals surface area contributed by atoms with E-state index in [0.717, 1.165) is 30.8 Å². The SMILES string of the molecule is Cc1cc([C@@H]2CCCN2C(=O)NC(C)(C)C)on1. The number of hydrogen-bond donors (Lipinski definition) is 1. The lowest BCUT2D eigenvalue weighted by Gasteiger charge is -2.28. The minimum Gasteiger partial charge on any atom is -0.359 e. The molecule has 2 rings (SSSR count). The van der Waals surface area contributed by atoms with Crippen molar-refractivity contribution in [3.63, 3.8) is 0 Å². The number of carbonyl (C=O) groups excluding carboxylic acids is 1. The number of hydrogen-bond acceptors (Lipinski definition) is 3. The summed E-state index contributed by atoms with van der Waals surface area (Å²) >= 11 is 0. The molecule has 1 saturated heterocycles. The summed E-state index contributed by atoms with van der Waals surface area (Å²) in [5, 5.41) is 6.89. The molecular weight excluding hydrogens is 230 g/mol. The monoisotopic (exact) mass is 251 g/mol. The van der Waals surface area contributed by atoms with E-state index in [1.54, 1.807) is 0 Å². The van der Waals surface area contributed by atoms with Gasteiger partial charge in [0.25, 0.3) is 0 Å². The Balaban J connectivity index is 2.10. The maximum atomic E-state index is 12.2. The molecule has 1 fully saturated rings. The first-order valence-corrected chi connectivity index (χ1v) is 6.39. The molecule has 0 aliphatic carbocycles. The standard InChI is InChI=1S/C13H21N3O2/c1-9-8-11(18-15-9)10-6-5-7-16(10)12(17)14-13(2,3)4/h8,10H,5-7H2,1-4H3,(H,14,17)/t10-/m0/s1. The average molecular weight is 251 g/mol. The van der Waals surface area contributed by atoms with Crippen LogP contribution in [0.25, 0.3) is 0 Å². The van der Waals surface area contributed by atoms with Gasteiger partial charge in [0.2, 0.25) is 0 Å². The highest BCUT2D eigenvalue weighted by Gasteiger charge is 2.33. The van der Waals surface area contributed by atoms with Crippen LogP contribution in [0.3, 0.4) is 0 Å². The van der Waals surface area contributed by atoms with E-state index in [1.165, 1.54) is 0 Å². The second kappa shape index (κ2) is 4.63. The number of amides is 2. The van der Waals surface area contributed by atoms with Gasteiger partial charge in [0.05, 0.1) is 11.7 Å². The van der Waals surface area contributed by atoms with Crippen molar-refractivity contribution in [1.82, 2.24) is 15.4 Å². The first kappa shape index (κ1) is 12.9. The molecule has 0 saturated carbocycles. The Morgan fingerprint density at radius 3 is 2.83 bits per heavy atom. The summed E-state index contributed by atoms with van der Waals surface area (Å²) in [4.78, 5) is 14.0. The third kappa shape index (κ3) is 2.83. The lowest BCUT2D eigenvalue weighted by atomic mass is 10.1. The highest BCUT2D eigenvalue weighted by molar-refractivity contribution is 5.75. The summed E-state index contributed by atoms with van der Waals surface area (Å²) < 4.78 is 5.29. The highest BCUT2D eigenvalue weighted by Crippen LogP contribution is 2.32. The zero-order valence-corrected chi connectivity index (χ0v) is 11.5. The normalized spacial score (nSPS) is 20.2. The maximum absolute atomic E-state index is 12.2. The first-order valence-electron chi connectivity index (χ1n) is 6.39. The van der Waals surface area contributed by atoms with E-state index in [2.05, 4.69) is 10.5 Å². The molecule has 0 aromatic carbocycles. The fourth-order valence-electron chi connectivity index (χ4n) is 2.24. The predicted octanol–water partition coefficient (Wildman–Crippen LogP) is 2.63. The molecular formula is C13H21N3O2. The minimum absolute atomic E-state index is 0.0218. The molecule has 1 aliphatic heterocycles. The van der Waals surface area contributed by atoms with Crippen molar-refractivity contribution in [3.05, 3.63) is 17.5 Å². The van der Waals surface area contributed by atoms with Gasteiger partial charge in [-0.1, -0.05) is 5.16 Å². The summed E-state index contributed by atoms with van der Waals surface area (Å²) in [6.45, 7) is 8.60. The molecule has 0 bridgehead atoms. The first-order chi connectivity index (χ1) is 8.37. The molecule has 2 heterocycles. The molecule has 2 amide bonds. The van der Waals surface area contributed by atoms with Gasteiger partial charge < -0.3 is 14.7 Å². The quantitative estimate of drug-likeness (QED) is 0.834. The Morgan fingerprint density at radius 1 is 1.56 bits per heavy atom. The van der Waals surface area contributed by atoms with E-state index < -0.39 is 0 Å². The van der Waals surface area contributed by atoms with Crippen LogP contribution in [0.4, 0.5) is 4.79 Å². The number of aryl methyl sites for hydroxylation is 1. The number of carbonyl (C=O) groups is 1. The molecule has 100 valence electrons. The van der Waals surface area contributed by atoms with Gasteiger partial charge in [0.1, 0.15) is 0 Å². The Labute approximate surface area is 108 Å². The molecule has 1 atom stereocenters. The van der Waals surface area contributed by atoms with Crippen LogP contribution in [0.1, 0.15) is 51.1 Å². The third-order valence-electron chi connectivity index (χ3n) is 2.97. The average Bonchev–Trinajstić information content (AvgIpc) is 2.81. The van der Waals surface area contributed by atoms with Crippen molar-refractivity contribution in [2.45, 2.75) is 52.1 Å². The van der Waals surface area contributed by atoms with Gasteiger partial charge in [-0.25, -0.2) is 4.79 Å². The van der Waals surface area contributed by atoms with Crippen LogP contribution in [0, 0.1) is 6.92 Å². The van der Waals surface area contributed by atoms with Crippen LogP contribution >= 0.6 is 0 Å². The second-order valence-electron chi connectivity index (χ2n) is 5.90. The van der Waals surface area contributed by atoms with E-state index in [-0.39, 0.29) is 17.6 Å². The van der Waals surface area contributed by atoms with Gasteiger partial charge in [-0.3, -0.25) is 0 Å². The van der Waals surface area contributed by atoms with E-state index in [0.29, 0.717) is 0 Å². The van der Waals surface area contributed by atoms with Crippen molar-refractivity contribution in [2.75, 3.05) is 6.54 Å². The fourth-order valence-corrected chi connectivity index (χ4v) is 2.24. The van der Waals surface area contributed by atoms with Crippen molar-refractivity contribution in [1.29, 1.82) is 0 Å². The highest BCUT2D eigenvalue weighted by atomic mass is 16.5. The molecule has 1 aromatic rings. The molecule has 0 spiro atoms. The summed E-state index contributed by atoms with van der Waals surface area (Å²) in [5.74, 6) is 0.786. The Bertz CT molecular complexity index is 434. The number of likely N-dealkylation sites (tertiary alicyclic amines) is 1. The number of nitrogens with one attached hydrogen (secondary N) is 1. The molecule has 5 nitrogen and oxygen atoms in total. The molecule has 5 heteroatoms. The Hall–Kier alpha value is -1.52. The third-order valence-corrected chi connectivity index (χ3v) is 2.97. The van der Waals surface area contributed by atoms with Crippen molar-refractivity contribution < 1.29 is 9.32 Å². The number of rotatable bonds is 1. The number of aromatic nitrogens is 1. The second-order valence-corrected chi connectivity index (χ2v) is 5.90. The summed E-state index contributed by atoms with van der Waals surface area (Å²) in [6.07, 6.45) is 1.94. The Kier molecular flexibility index (Phi) is 3.32. The van der Waals surface area contributed by atoms with E-state index in [4.69, 9.17) is 4.52 Å². The maximum Gasteiger partial charge on any atom is 0.318 e. The summed E-state index contributed by atoms with van der Waals surface area (Å²) in [5.41, 5.74) is 0.634. The van der Waals surface area contributed by atoms with Crippen molar-refractivity contribution in [2.24, 2.45) is 0 Å². The van der Waals surface area contributed by atoms with Crippen molar-refractivity contribution in [3.8, 4) is 0 Å². The van der Waals surface area contributed by atoms with Gasteiger partial charge in [-0.15, -0.1) is 0 Å². The fraction of sp³-hybridized carbons (Fsp3) is 0.692. The minimum atomic E-state index is -0.221. The molecule has 1 aliphatic rings. The van der Waals surface area contributed by atoms with Crippen LogP contribution in [0.5, 0.6) is 0 Å². The van der Waals surface area contributed by atoms with E-state index >= 15 is 0 Å². The molecule has 18 heavy (non-hydrogen) atoms. The van der Waals surface area contributed by atoms with E-state index in [1.807, 2.05) is 38.7 Å². The molecule has 1 N–H and O–H groups in total. The van der Waals surface area contributed by atoms with Crippen molar-refractivity contribution >= 4 is 6.03 Å². The Morgan fingerprint density at radius 2 is 2.28 bits per heavy atom. The predicted molar refractivity (Wildman–Crippen MR) is 68.2 cm³/mol. The van der Waals surface area contributed by atoms with Gasteiger partial charge in [0, 0.05) is 18.2 Å². The van der Waals surface area contributed by atoms with Crippen LogP contribution < -0.4 is 5.32 Å². The summed E-state index contributed by atoms with van der Waals surface area (Å²) in [6, 6.07) is 1.90. The molecule has 1 aromatic heterocycles. The van der Waals surface area contributed by atoms with Crippen LogP contribution in [0.15, 0.2) is 10.6 Å². The van der Waals surface area contributed by atoms with Gasteiger partial charge >= 0.3 is 6.03 Å².